The molecule has 94 valence electrons. The molecule has 1 heterocycles. The number of aromatic nitrogens is 3. The van der Waals surface area contributed by atoms with Crippen LogP contribution < -0.4 is 11.1 Å². The molecule has 0 saturated heterocycles. The highest BCUT2D eigenvalue weighted by atomic mass is 16.2. The van der Waals surface area contributed by atoms with Crippen LogP contribution in [0.1, 0.15) is 49.1 Å². The molecule has 1 aliphatic rings. The zero-order chi connectivity index (χ0) is 12.3. The normalized spacial score (nSPS) is 23.9. The lowest BCUT2D eigenvalue weighted by atomic mass is 10.2. The van der Waals surface area contributed by atoms with Gasteiger partial charge in [0.15, 0.2) is 0 Å². The van der Waals surface area contributed by atoms with E-state index in [0.29, 0.717) is 0 Å². The van der Waals surface area contributed by atoms with Gasteiger partial charge in [-0.2, -0.15) is 0 Å². The van der Waals surface area contributed by atoms with Gasteiger partial charge >= 0.3 is 0 Å². The number of hydrogen-bond acceptors (Lipinski definition) is 4. The van der Waals surface area contributed by atoms with E-state index in [1.165, 1.54) is 0 Å². The van der Waals surface area contributed by atoms with Gasteiger partial charge in [-0.15, -0.1) is 5.10 Å². The standard InChI is InChI=1S/C11H19N5O/c1-2-4-9-14-10(16-15-9)11(17)13-8-6-3-5-7(8)12/h7-8H,2-6,12H2,1H3,(H,13,17)(H,14,15,16). The predicted octanol–water partition coefficient (Wildman–Crippen LogP) is 0.367. The summed E-state index contributed by atoms with van der Waals surface area (Å²) in [4.78, 5) is 16.0. The SMILES string of the molecule is CCCc1nc(C(=O)NC2CCCC2N)n[nH]1. The van der Waals surface area contributed by atoms with E-state index < -0.39 is 0 Å². The van der Waals surface area contributed by atoms with Gasteiger partial charge in [0.2, 0.25) is 5.82 Å². The third kappa shape index (κ3) is 2.82. The van der Waals surface area contributed by atoms with Crippen molar-refractivity contribution >= 4 is 5.91 Å². The number of nitrogens with one attached hydrogen (secondary N) is 2. The Bertz CT molecular complexity index is 389. The van der Waals surface area contributed by atoms with Crippen LogP contribution in [0.15, 0.2) is 0 Å². The molecule has 0 aromatic carbocycles. The Hall–Kier alpha value is -1.43. The van der Waals surface area contributed by atoms with Gasteiger partial charge in [-0.05, 0) is 25.7 Å². The fourth-order valence-electron chi connectivity index (χ4n) is 2.15. The van der Waals surface area contributed by atoms with Crippen LogP contribution in [0.3, 0.4) is 0 Å². The zero-order valence-electron chi connectivity index (χ0n) is 10.1. The molecule has 4 N–H and O–H groups in total. The second-order valence-corrected chi connectivity index (χ2v) is 4.53. The van der Waals surface area contributed by atoms with Gasteiger partial charge in [0, 0.05) is 18.5 Å². The number of aryl methyl sites for hydroxylation is 1. The average Bonchev–Trinajstić information content (AvgIpc) is 2.90. The summed E-state index contributed by atoms with van der Waals surface area (Å²) in [6, 6.07) is 0.128. The van der Waals surface area contributed by atoms with Crippen molar-refractivity contribution in [2.45, 2.75) is 51.1 Å². The molecular weight excluding hydrogens is 218 g/mol. The van der Waals surface area contributed by atoms with Gasteiger partial charge in [0.25, 0.3) is 5.91 Å². The minimum Gasteiger partial charge on any atom is -0.345 e. The van der Waals surface area contributed by atoms with Gasteiger partial charge in [-0.25, -0.2) is 4.98 Å². The molecule has 0 radical (unpaired) electrons. The molecule has 17 heavy (non-hydrogen) atoms. The molecule has 0 bridgehead atoms. The molecule has 6 nitrogen and oxygen atoms in total. The van der Waals surface area contributed by atoms with E-state index in [-0.39, 0.29) is 23.8 Å². The number of hydrogen-bond donors (Lipinski definition) is 3. The van der Waals surface area contributed by atoms with Gasteiger partial charge in [0.1, 0.15) is 5.82 Å². The molecule has 0 aliphatic heterocycles. The minimum atomic E-state index is -0.231. The number of H-pyrrole nitrogens is 1. The lowest BCUT2D eigenvalue weighted by Gasteiger charge is -2.15. The number of nitrogens with two attached hydrogens (primary N) is 1. The summed E-state index contributed by atoms with van der Waals surface area (Å²) in [5.41, 5.74) is 5.89. The fourth-order valence-corrected chi connectivity index (χ4v) is 2.15. The van der Waals surface area contributed by atoms with Crippen molar-refractivity contribution in [3.8, 4) is 0 Å². The maximum Gasteiger partial charge on any atom is 0.291 e. The molecule has 1 amide bonds. The van der Waals surface area contributed by atoms with Crippen molar-refractivity contribution in [3.05, 3.63) is 11.6 Å². The third-order valence-electron chi connectivity index (χ3n) is 3.11. The first-order chi connectivity index (χ1) is 8.20. The first-order valence-corrected chi connectivity index (χ1v) is 6.18. The first kappa shape index (κ1) is 12.0. The van der Waals surface area contributed by atoms with Crippen molar-refractivity contribution in [1.82, 2.24) is 20.5 Å². The summed E-state index contributed by atoms with van der Waals surface area (Å²) in [6.07, 6.45) is 4.77. The summed E-state index contributed by atoms with van der Waals surface area (Å²) < 4.78 is 0. The van der Waals surface area contributed by atoms with Crippen LogP contribution in [0.4, 0.5) is 0 Å². The Morgan fingerprint density at radius 1 is 1.59 bits per heavy atom. The molecule has 1 fully saturated rings. The van der Waals surface area contributed by atoms with E-state index in [4.69, 9.17) is 5.73 Å². The number of nitrogens with zero attached hydrogens (tertiary/aromatic N) is 2. The quantitative estimate of drug-likeness (QED) is 0.704. The number of aromatic amines is 1. The summed E-state index contributed by atoms with van der Waals surface area (Å²) >= 11 is 0. The topological polar surface area (TPSA) is 96.7 Å². The van der Waals surface area contributed by atoms with Gasteiger partial charge in [-0.3, -0.25) is 9.89 Å². The van der Waals surface area contributed by atoms with E-state index in [0.717, 1.165) is 37.9 Å². The maximum absolute atomic E-state index is 11.9. The Kier molecular flexibility index (Phi) is 3.73. The van der Waals surface area contributed by atoms with E-state index in [9.17, 15) is 4.79 Å². The van der Waals surface area contributed by atoms with Gasteiger partial charge in [-0.1, -0.05) is 6.92 Å². The largest absolute Gasteiger partial charge is 0.345 e. The minimum absolute atomic E-state index is 0.0630. The summed E-state index contributed by atoms with van der Waals surface area (Å²) in [7, 11) is 0. The lowest BCUT2D eigenvalue weighted by molar-refractivity contribution is 0.0924. The predicted molar refractivity (Wildman–Crippen MR) is 63.5 cm³/mol. The molecule has 1 aromatic rings. The third-order valence-corrected chi connectivity index (χ3v) is 3.11. The van der Waals surface area contributed by atoms with Gasteiger partial charge < -0.3 is 11.1 Å². The maximum atomic E-state index is 11.9. The number of carbonyl (C=O) groups excluding carboxylic acids is 1. The van der Waals surface area contributed by atoms with E-state index in [1.54, 1.807) is 0 Å². The Morgan fingerprint density at radius 2 is 2.41 bits per heavy atom. The summed E-state index contributed by atoms with van der Waals surface area (Å²) in [6.45, 7) is 2.06. The smallest absolute Gasteiger partial charge is 0.291 e. The monoisotopic (exact) mass is 237 g/mol. The summed E-state index contributed by atoms with van der Waals surface area (Å²) in [5.74, 6) is 0.742. The van der Waals surface area contributed by atoms with E-state index in [1.807, 2.05) is 0 Å². The average molecular weight is 237 g/mol. The van der Waals surface area contributed by atoms with Crippen molar-refractivity contribution in [1.29, 1.82) is 0 Å². The molecule has 0 spiro atoms. The molecule has 2 rings (SSSR count). The Morgan fingerprint density at radius 3 is 3.06 bits per heavy atom. The van der Waals surface area contributed by atoms with Crippen LogP contribution in [0.25, 0.3) is 0 Å². The molecule has 1 aromatic heterocycles. The van der Waals surface area contributed by atoms with Crippen LogP contribution in [-0.2, 0) is 6.42 Å². The fraction of sp³-hybridized carbons (Fsp3) is 0.727. The van der Waals surface area contributed by atoms with Gasteiger partial charge in [0.05, 0.1) is 0 Å². The van der Waals surface area contributed by atoms with Crippen molar-refractivity contribution in [3.63, 3.8) is 0 Å². The van der Waals surface area contributed by atoms with Crippen molar-refractivity contribution < 1.29 is 4.79 Å². The second-order valence-electron chi connectivity index (χ2n) is 4.53. The van der Waals surface area contributed by atoms with Crippen molar-refractivity contribution in [2.24, 2.45) is 5.73 Å². The molecule has 2 unspecified atom stereocenters. The van der Waals surface area contributed by atoms with Crippen LogP contribution in [0.2, 0.25) is 0 Å². The number of amides is 1. The van der Waals surface area contributed by atoms with Crippen LogP contribution in [0, 0.1) is 0 Å². The van der Waals surface area contributed by atoms with Crippen molar-refractivity contribution in [2.75, 3.05) is 0 Å². The Balaban J connectivity index is 1.94. The molecule has 2 atom stereocenters. The lowest BCUT2D eigenvalue weighted by Crippen LogP contribution is -2.44. The first-order valence-electron chi connectivity index (χ1n) is 6.18. The highest BCUT2D eigenvalue weighted by molar-refractivity contribution is 5.90. The summed E-state index contributed by atoms with van der Waals surface area (Å²) in [5, 5.41) is 9.57. The number of rotatable bonds is 4. The molecule has 6 heteroatoms. The highest BCUT2D eigenvalue weighted by Crippen LogP contribution is 2.17. The molecular formula is C11H19N5O. The van der Waals surface area contributed by atoms with E-state index >= 15 is 0 Å². The van der Waals surface area contributed by atoms with Crippen LogP contribution in [0.5, 0.6) is 0 Å². The molecule has 1 saturated carbocycles. The van der Waals surface area contributed by atoms with E-state index in [2.05, 4.69) is 27.4 Å². The van der Waals surface area contributed by atoms with Crippen LogP contribution >= 0.6 is 0 Å². The second kappa shape index (κ2) is 5.27. The number of carbonyl (C=O) groups is 1. The molecule has 1 aliphatic carbocycles. The zero-order valence-corrected chi connectivity index (χ0v) is 10.1. The highest BCUT2D eigenvalue weighted by Gasteiger charge is 2.26. The Labute approximate surface area is 100 Å². The van der Waals surface area contributed by atoms with Crippen LogP contribution in [-0.4, -0.2) is 33.2 Å².